The lowest BCUT2D eigenvalue weighted by atomic mass is 10.3. The fourth-order valence-electron chi connectivity index (χ4n) is 1.78. The van der Waals surface area contributed by atoms with Crippen LogP contribution in [0.4, 0.5) is 5.13 Å². The van der Waals surface area contributed by atoms with E-state index in [1.54, 1.807) is 11.3 Å². The van der Waals surface area contributed by atoms with Gasteiger partial charge in [-0.15, -0.1) is 11.3 Å². The quantitative estimate of drug-likeness (QED) is 0.653. The lowest BCUT2D eigenvalue weighted by Gasteiger charge is -2.23. The first-order chi connectivity index (χ1) is 9.56. The molecule has 0 atom stereocenters. The van der Waals surface area contributed by atoms with Gasteiger partial charge in [-0.3, -0.25) is 4.79 Å². The van der Waals surface area contributed by atoms with Crippen LogP contribution in [0.5, 0.6) is 0 Å². The molecule has 0 aliphatic rings. The lowest BCUT2D eigenvalue weighted by Crippen LogP contribution is -2.32. The number of esters is 1. The van der Waals surface area contributed by atoms with Crippen molar-refractivity contribution in [3.8, 4) is 0 Å². The monoisotopic (exact) mass is 299 g/mol. The van der Waals surface area contributed by atoms with Crippen molar-refractivity contribution in [3.05, 3.63) is 11.1 Å². The highest BCUT2D eigenvalue weighted by Crippen LogP contribution is 2.21. The maximum atomic E-state index is 11.5. The highest BCUT2D eigenvalue weighted by molar-refractivity contribution is 7.13. The van der Waals surface area contributed by atoms with Gasteiger partial charge in [0, 0.05) is 25.0 Å². The van der Waals surface area contributed by atoms with Crippen LogP contribution in [0.2, 0.25) is 0 Å². The van der Waals surface area contributed by atoms with Gasteiger partial charge in [0.05, 0.1) is 18.7 Å². The Balaban J connectivity index is 2.63. The molecule has 1 aromatic heterocycles. The third-order valence-corrected chi connectivity index (χ3v) is 3.70. The van der Waals surface area contributed by atoms with Crippen molar-refractivity contribution >= 4 is 22.4 Å². The van der Waals surface area contributed by atoms with Gasteiger partial charge in [0.2, 0.25) is 0 Å². The molecule has 0 unspecified atom stereocenters. The van der Waals surface area contributed by atoms with Crippen LogP contribution in [0.25, 0.3) is 0 Å². The molecule has 0 spiro atoms. The number of hydrogen-bond donors (Lipinski definition) is 0. The molecule has 1 heterocycles. The van der Waals surface area contributed by atoms with Gasteiger partial charge in [-0.05, 0) is 27.4 Å². The second-order valence-electron chi connectivity index (χ2n) is 4.89. The molecule has 20 heavy (non-hydrogen) atoms. The van der Waals surface area contributed by atoms with E-state index < -0.39 is 0 Å². The van der Waals surface area contributed by atoms with E-state index in [4.69, 9.17) is 4.74 Å². The minimum atomic E-state index is -0.209. The minimum Gasteiger partial charge on any atom is -0.466 e. The van der Waals surface area contributed by atoms with Crippen LogP contribution < -0.4 is 4.90 Å². The smallest absolute Gasteiger partial charge is 0.311 e. The van der Waals surface area contributed by atoms with Gasteiger partial charge in [-0.2, -0.15) is 0 Å². The Morgan fingerprint density at radius 3 is 2.65 bits per heavy atom. The zero-order valence-electron chi connectivity index (χ0n) is 12.9. The van der Waals surface area contributed by atoms with E-state index in [0.717, 1.165) is 36.9 Å². The van der Waals surface area contributed by atoms with Crippen LogP contribution in [0, 0.1) is 0 Å². The molecule has 0 radical (unpaired) electrons. The number of anilines is 1. The van der Waals surface area contributed by atoms with E-state index in [9.17, 15) is 4.79 Å². The maximum Gasteiger partial charge on any atom is 0.311 e. The van der Waals surface area contributed by atoms with Gasteiger partial charge >= 0.3 is 5.97 Å². The van der Waals surface area contributed by atoms with Crippen molar-refractivity contribution in [2.24, 2.45) is 0 Å². The predicted molar refractivity (Wildman–Crippen MR) is 83.5 cm³/mol. The Morgan fingerprint density at radius 1 is 1.30 bits per heavy atom. The van der Waals surface area contributed by atoms with Gasteiger partial charge in [0.15, 0.2) is 5.13 Å². The summed E-state index contributed by atoms with van der Waals surface area (Å²) in [7, 11) is 4.14. The molecule has 0 aromatic carbocycles. The molecule has 1 rings (SSSR count). The molecule has 0 aliphatic heterocycles. The average molecular weight is 299 g/mol. The summed E-state index contributed by atoms with van der Waals surface area (Å²) in [5.41, 5.74) is 0.800. The highest BCUT2D eigenvalue weighted by atomic mass is 32.1. The van der Waals surface area contributed by atoms with Crippen molar-refractivity contribution in [2.45, 2.75) is 26.7 Å². The van der Waals surface area contributed by atoms with Crippen LogP contribution in [0.1, 0.15) is 26.0 Å². The Hall–Kier alpha value is -1.14. The van der Waals surface area contributed by atoms with Crippen molar-refractivity contribution < 1.29 is 9.53 Å². The van der Waals surface area contributed by atoms with Gasteiger partial charge in [0.1, 0.15) is 0 Å². The molecule has 0 N–H and O–H groups in total. The number of likely N-dealkylation sites (N-methyl/N-ethyl adjacent to an activating group) is 1. The normalized spacial score (nSPS) is 10.8. The first kappa shape index (κ1) is 16.9. The van der Waals surface area contributed by atoms with E-state index in [1.807, 2.05) is 12.3 Å². The van der Waals surface area contributed by atoms with Gasteiger partial charge in [-0.25, -0.2) is 4.98 Å². The van der Waals surface area contributed by atoms with Crippen LogP contribution in [0.3, 0.4) is 0 Å². The molecule has 0 amide bonds. The fraction of sp³-hybridized carbons (Fsp3) is 0.714. The second-order valence-corrected chi connectivity index (χ2v) is 5.73. The third kappa shape index (κ3) is 5.88. The zero-order valence-corrected chi connectivity index (χ0v) is 13.7. The van der Waals surface area contributed by atoms with E-state index in [-0.39, 0.29) is 12.4 Å². The molecule has 0 bridgehead atoms. The molecular weight excluding hydrogens is 274 g/mol. The lowest BCUT2D eigenvalue weighted by molar-refractivity contribution is -0.142. The Labute approximate surface area is 125 Å². The number of rotatable bonds is 9. The predicted octanol–water partition coefficient (Wildman–Crippen LogP) is 2.03. The van der Waals surface area contributed by atoms with E-state index >= 15 is 0 Å². The van der Waals surface area contributed by atoms with Gasteiger partial charge < -0.3 is 14.5 Å². The molecular formula is C14H25N3O2S. The summed E-state index contributed by atoms with van der Waals surface area (Å²) in [6.07, 6.45) is 1.35. The number of ether oxygens (including phenoxy) is 1. The number of hydrogen-bond acceptors (Lipinski definition) is 6. The number of thiazole rings is 1. The maximum absolute atomic E-state index is 11.5. The van der Waals surface area contributed by atoms with Crippen LogP contribution in [0.15, 0.2) is 5.38 Å². The molecule has 0 fully saturated rings. The first-order valence-electron chi connectivity index (χ1n) is 7.06. The van der Waals surface area contributed by atoms with Crippen molar-refractivity contribution in [3.63, 3.8) is 0 Å². The molecule has 0 saturated carbocycles. The molecule has 114 valence electrons. The van der Waals surface area contributed by atoms with Crippen molar-refractivity contribution in [1.29, 1.82) is 0 Å². The molecule has 0 aliphatic carbocycles. The van der Waals surface area contributed by atoms with Crippen LogP contribution in [-0.2, 0) is 16.0 Å². The van der Waals surface area contributed by atoms with Gasteiger partial charge in [0.25, 0.3) is 0 Å². The number of carbonyl (C=O) groups is 1. The standard InChI is InChI=1S/C14H25N3O2S/c1-5-7-17(9-8-16(3)4)14-15-12(11-20-14)10-13(18)19-6-2/h11H,5-10H2,1-4H3. The first-order valence-corrected chi connectivity index (χ1v) is 7.94. The highest BCUT2D eigenvalue weighted by Gasteiger charge is 2.13. The number of nitrogens with zero attached hydrogens (tertiary/aromatic N) is 3. The average Bonchev–Trinajstić information content (AvgIpc) is 2.82. The SMILES string of the molecule is CCCN(CCN(C)C)c1nc(CC(=O)OCC)cs1. The van der Waals surface area contributed by atoms with E-state index in [0.29, 0.717) is 6.61 Å². The van der Waals surface area contributed by atoms with Crippen molar-refractivity contribution in [1.82, 2.24) is 9.88 Å². The Kier molecular flexibility index (Phi) is 7.54. The Bertz CT molecular complexity index is 407. The summed E-state index contributed by atoms with van der Waals surface area (Å²) < 4.78 is 4.95. The number of aromatic nitrogens is 1. The fourth-order valence-corrected chi connectivity index (χ4v) is 2.66. The largest absolute Gasteiger partial charge is 0.466 e. The summed E-state index contributed by atoms with van der Waals surface area (Å²) in [6, 6.07) is 0. The van der Waals surface area contributed by atoms with Crippen LogP contribution in [-0.4, -0.2) is 56.2 Å². The summed E-state index contributed by atoms with van der Waals surface area (Å²) in [4.78, 5) is 20.4. The summed E-state index contributed by atoms with van der Waals surface area (Å²) in [5, 5.41) is 2.94. The van der Waals surface area contributed by atoms with Gasteiger partial charge in [-0.1, -0.05) is 6.92 Å². The molecule has 5 nitrogen and oxygen atoms in total. The van der Waals surface area contributed by atoms with Crippen LogP contribution >= 0.6 is 11.3 Å². The second kappa shape index (κ2) is 8.92. The summed E-state index contributed by atoms with van der Waals surface area (Å²) in [6.45, 7) is 7.32. The third-order valence-electron chi connectivity index (χ3n) is 2.75. The zero-order chi connectivity index (χ0) is 15.0. The molecule has 1 aromatic rings. The molecule has 6 heteroatoms. The van der Waals surface area contributed by atoms with E-state index in [1.165, 1.54) is 0 Å². The minimum absolute atomic E-state index is 0.209. The molecule has 0 saturated heterocycles. The van der Waals surface area contributed by atoms with E-state index in [2.05, 4.69) is 35.8 Å². The summed E-state index contributed by atoms with van der Waals surface area (Å²) in [5.74, 6) is -0.209. The summed E-state index contributed by atoms with van der Waals surface area (Å²) >= 11 is 1.60. The van der Waals surface area contributed by atoms with Crippen molar-refractivity contribution in [2.75, 3.05) is 45.2 Å². The topological polar surface area (TPSA) is 45.7 Å². The number of carbonyl (C=O) groups excluding carboxylic acids is 1. The Morgan fingerprint density at radius 2 is 2.05 bits per heavy atom.